The number of nitrogens with two attached hydrogens (primary N) is 1. The first-order valence-electron chi connectivity index (χ1n) is 5.74. The van der Waals surface area contributed by atoms with Gasteiger partial charge in [-0.2, -0.15) is 0 Å². The molecule has 8 heteroatoms. The Hall–Kier alpha value is -2.15. The molecule has 7 nitrogen and oxygen atoms in total. The van der Waals surface area contributed by atoms with Crippen LogP contribution in [-0.2, 0) is 0 Å². The molecular formula is C11H10ClN5O2. The number of benzene rings is 1. The minimum atomic E-state index is -0.490. The first-order chi connectivity index (χ1) is 9.09. The summed E-state index contributed by atoms with van der Waals surface area (Å²) in [5.41, 5.74) is 6.60. The predicted molar refractivity (Wildman–Crippen MR) is 69.4 cm³/mol. The maximum Gasteiger partial charge on any atom is 0.296 e. The number of anilines is 1. The molecule has 1 aromatic carbocycles. The molecule has 3 rings (SSSR count). The fourth-order valence-corrected chi connectivity index (χ4v) is 2.32. The molecule has 2 aromatic rings. The topological polar surface area (TPSA) is 99.9 Å². The maximum atomic E-state index is 11.1. The van der Waals surface area contributed by atoms with Crippen molar-refractivity contribution in [2.75, 3.05) is 5.73 Å². The van der Waals surface area contributed by atoms with Crippen molar-refractivity contribution in [1.29, 1.82) is 0 Å². The van der Waals surface area contributed by atoms with Gasteiger partial charge in [0, 0.05) is 12.0 Å². The molecule has 1 saturated carbocycles. The fraction of sp³-hybridized carbons (Fsp3) is 0.273. The Morgan fingerprint density at radius 3 is 2.84 bits per heavy atom. The van der Waals surface area contributed by atoms with Gasteiger partial charge in [-0.25, -0.2) is 4.68 Å². The van der Waals surface area contributed by atoms with Crippen LogP contribution in [-0.4, -0.2) is 19.9 Å². The van der Waals surface area contributed by atoms with Crippen LogP contribution in [0.25, 0.3) is 5.69 Å². The average Bonchev–Trinajstić information content (AvgIpc) is 3.13. The largest absolute Gasteiger partial charge is 0.381 e. The van der Waals surface area contributed by atoms with Crippen LogP contribution in [0.5, 0.6) is 0 Å². The fourth-order valence-electron chi connectivity index (χ4n) is 2.07. The van der Waals surface area contributed by atoms with Crippen LogP contribution in [0.15, 0.2) is 18.2 Å². The van der Waals surface area contributed by atoms with Crippen molar-refractivity contribution < 1.29 is 4.92 Å². The zero-order chi connectivity index (χ0) is 13.6. The Kier molecular flexibility index (Phi) is 2.63. The van der Waals surface area contributed by atoms with Gasteiger partial charge in [0.1, 0.15) is 0 Å². The highest BCUT2D eigenvalue weighted by Crippen LogP contribution is 2.44. The third kappa shape index (κ3) is 1.91. The van der Waals surface area contributed by atoms with Crippen molar-refractivity contribution in [3.05, 3.63) is 39.0 Å². The van der Waals surface area contributed by atoms with Gasteiger partial charge >= 0.3 is 0 Å². The van der Waals surface area contributed by atoms with Gasteiger partial charge in [-0.1, -0.05) is 22.9 Å². The highest BCUT2D eigenvalue weighted by Gasteiger charge is 2.33. The van der Waals surface area contributed by atoms with E-state index in [2.05, 4.69) is 10.3 Å². The Bertz CT molecular complexity index is 665. The van der Waals surface area contributed by atoms with E-state index < -0.39 is 4.92 Å². The number of nitrogens with zero attached hydrogens (tertiary/aromatic N) is 4. The van der Waals surface area contributed by atoms with E-state index in [9.17, 15) is 10.1 Å². The second kappa shape index (κ2) is 4.20. The minimum Gasteiger partial charge on any atom is -0.381 e. The second-order valence-electron chi connectivity index (χ2n) is 4.41. The molecular weight excluding hydrogens is 270 g/mol. The zero-order valence-corrected chi connectivity index (χ0v) is 10.5. The molecule has 0 radical (unpaired) electrons. The lowest BCUT2D eigenvalue weighted by Crippen LogP contribution is -2.06. The van der Waals surface area contributed by atoms with E-state index >= 15 is 0 Å². The van der Waals surface area contributed by atoms with Gasteiger partial charge in [-0.3, -0.25) is 10.1 Å². The molecule has 98 valence electrons. The van der Waals surface area contributed by atoms with Crippen LogP contribution in [0.3, 0.4) is 0 Å². The van der Waals surface area contributed by atoms with Crippen LogP contribution in [0.4, 0.5) is 11.5 Å². The number of nitrogen functional groups attached to an aromatic ring is 1. The number of rotatable bonds is 3. The molecule has 1 aliphatic rings. The van der Waals surface area contributed by atoms with Gasteiger partial charge in [0.15, 0.2) is 11.5 Å². The highest BCUT2D eigenvalue weighted by molar-refractivity contribution is 6.32. The second-order valence-corrected chi connectivity index (χ2v) is 4.82. The zero-order valence-electron chi connectivity index (χ0n) is 9.78. The molecule has 0 saturated heterocycles. The molecule has 0 unspecified atom stereocenters. The van der Waals surface area contributed by atoms with Crippen molar-refractivity contribution in [2.45, 2.75) is 18.8 Å². The van der Waals surface area contributed by atoms with Crippen LogP contribution in [0.2, 0.25) is 5.02 Å². The van der Waals surface area contributed by atoms with E-state index in [-0.39, 0.29) is 22.3 Å². The summed E-state index contributed by atoms with van der Waals surface area (Å²) in [7, 11) is 0. The summed E-state index contributed by atoms with van der Waals surface area (Å²) in [6.45, 7) is 0. The summed E-state index contributed by atoms with van der Waals surface area (Å²) in [6, 6.07) is 4.50. The molecule has 0 atom stereocenters. The summed E-state index contributed by atoms with van der Waals surface area (Å²) in [5, 5.41) is 19.1. The van der Waals surface area contributed by atoms with Gasteiger partial charge in [-0.05, 0) is 18.9 Å². The number of para-hydroxylation sites is 1. The van der Waals surface area contributed by atoms with Crippen molar-refractivity contribution >= 4 is 23.1 Å². The molecule has 1 aliphatic carbocycles. The van der Waals surface area contributed by atoms with E-state index in [1.165, 1.54) is 16.8 Å². The molecule has 19 heavy (non-hydrogen) atoms. The van der Waals surface area contributed by atoms with Gasteiger partial charge in [-0.15, -0.1) is 5.10 Å². The molecule has 1 aromatic heterocycles. The van der Waals surface area contributed by atoms with Gasteiger partial charge < -0.3 is 5.73 Å². The van der Waals surface area contributed by atoms with Crippen LogP contribution in [0.1, 0.15) is 24.5 Å². The Morgan fingerprint density at radius 2 is 2.21 bits per heavy atom. The van der Waals surface area contributed by atoms with E-state index in [0.29, 0.717) is 11.5 Å². The molecule has 0 amide bonds. The number of halogens is 1. The third-order valence-electron chi connectivity index (χ3n) is 3.07. The van der Waals surface area contributed by atoms with E-state index in [4.69, 9.17) is 17.3 Å². The standard InChI is InChI=1S/C11H10ClN5O2/c12-7-2-1-3-8(17(18)19)10(7)16-9(6-4-5-6)11(13)14-15-16/h1-3,6H,4-5,13H2. The predicted octanol–water partition coefficient (Wildman–Crippen LogP) is 2.29. The monoisotopic (exact) mass is 279 g/mol. The normalized spacial score (nSPS) is 14.6. The van der Waals surface area contributed by atoms with E-state index in [0.717, 1.165) is 12.8 Å². The Morgan fingerprint density at radius 1 is 1.47 bits per heavy atom. The van der Waals surface area contributed by atoms with Crippen LogP contribution >= 0.6 is 11.6 Å². The molecule has 0 aliphatic heterocycles. The van der Waals surface area contributed by atoms with Gasteiger partial charge in [0.25, 0.3) is 5.69 Å². The third-order valence-corrected chi connectivity index (χ3v) is 3.38. The molecule has 0 spiro atoms. The lowest BCUT2D eigenvalue weighted by Gasteiger charge is -2.08. The summed E-state index contributed by atoms with van der Waals surface area (Å²) in [5.74, 6) is 0.558. The summed E-state index contributed by atoms with van der Waals surface area (Å²) in [4.78, 5) is 10.6. The SMILES string of the molecule is Nc1nnn(-c2c(Cl)cccc2[N+](=O)[O-])c1C1CC1. The van der Waals surface area contributed by atoms with Gasteiger partial charge in [0.2, 0.25) is 0 Å². The minimum absolute atomic E-state index is 0.112. The summed E-state index contributed by atoms with van der Waals surface area (Å²) < 4.78 is 1.40. The van der Waals surface area contributed by atoms with E-state index in [1.807, 2.05) is 0 Å². The first-order valence-corrected chi connectivity index (χ1v) is 6.11. The number of nitro benzene ring substituents is 1. The van der Waals surface area contributed by atoms with Crippen molar-refractivity contribution in [2.24, 2.45) is 0 Å². The number of aromatic nitrogens is 3. The first kappa shape index (κ1) is 11.9. The molecule has 1 fully saturated rings. The lowest BCUT2D eigenvalue weighted by atomic mass is 10.2. The molecule has 1 heterocycles. The van der Waals surface area contributed by atoms with Crippen molar-refractivity contribution in [3.63, 3.8) is 0 Å². The molecule has 2 N–H and O–H groups in total. The lowest BCUT2D eigenvalue weighted by molar-refractivity contribution is -0.384. The number of nitro groups is 1. The van der Waals surface area contributed by atoms with Gasteiger partial charge in [0.05, 0.1) is 15.6 Å². The Labute approximate surface area is 113 Å². The molecule has 0 bridgehead atoms. The van der Waals surface area contributed by atoms with Crippen molar-refractivity contribution in [3.8, 4) is 5.69 Å². The quantitative estimate of drug-likeness (QED) is 0.686. The summed E-state index contributed by atoms with van der Waals surface area (Å²) in [6.07, 6.45) is 1.96. The summed E-state index contributed by atoms with van der Waals surface area (Å²) >= 11 is 6.08. The Balaban J connectivity index is 2.25. The highest BCUT2D eigenvalue weighted by atomic mass is 35.5. The maximum absolute atomic E-state index is 11.1. The van der Waals surface area contributed by atoms with Crippen LogP contribution < -0.4 is 5.73 Å². The average molecular weight is 280 g/mol. The van der Waals surface area contributed by atoms with E-state index in [1.54, 1.807) is 6.07 Å². The number of hydrogen-bond acceptors (Lipinski definition) is 5. The number of hydrogen-bond donors (Lipinski definition) is 1. The van der Waals surface area contributed by atoms with Crippen LogP contribution in [0, 0.1) is 10.1 Å². The smallest absolute Gasteiger partial charge is 0.296 e. The van der Waals surface area contributed by atoms with Crippen molar-refractivity contribution in [1.82, 2.24) is 15.0 Å².